The molecule has 13 heteroatoms. The lowest BCUT2D eigenvalue weighted by molar-refractivity contribution is -0.113. The zero-order chi connectivity index (χ0) is 25.6. The molecule has 35 heavy (non-hydrogen) atoms. The van der Waals surface area contributed by atoms with Gasteiger partial charge in [0.15, 0.2) is 10.1 Å². The molecule has 0 fully saturated rings. The van der Waals surface area contributed by atoms with Crippen LogP contribution in [0.25, 0.3) is 0 Å². The third-order valence-electron chi connectivity index (χ3n) is 4.50. The summed E-state index contributed by atoms with van der Waals surface area (Å²) in [5.74, 6) is -0.927. The Hall–Kier alpha value is -3.35. The molecule has 1 heterocycles. The number of sulfone groups is 1. The van der Waals surface area contributed by atoms with Crippen molar-refractivity contribution in [3.05, 3.63) is 69.6 Å². The van der Waals surface area contributed by atoms with Crippen molar-refractivity contribution in [3.63, 3.8) is 0 Å². The minimum atomic E-state index is -4.20. The van der Waals surface area contributed by atoms with Gasteiger partial charge in [0, 0.05) is 0 Å². The first-order valence-corrected chi connectivity index (χ1v) is 12.9. The third kappa shape index (κ3) is 6.21. The van der Waals surface area contributed by atoms with Gasteiger partial charge < -0.3 is 19.8 Å². The van der Waals surface area contributed by atoms with E-state index >= 15 is 0 Å². The standard InChI is InChI=1S/C22H20ClN3O7S2/c1-3-33-21(29)14-6-4-5-7-16(14)25-19(27)12-34-22-24-11-18(20(28)26-22)35(30,31)13-8-9-17(32-2)15(23)10-13/h4-11H,3,12H2,1-2H3,(H,25,27)(H,24,26,28). The van der Waals surface area contributed by atoms with E-state index in [0.717, 1.165) is 18.0 Å². The SMILES string of the molecule is CCOC(=O)c1ccccc1NC(=O)CSc1ncc(S(=O)(=O)c2ccc(OC)c(Cl)c2)c(=O)[nH]1. The van der Waals surface area contributed by atoms with Crippen molar-refractivity contribution in [3.8, 4) is 5.75 Å². The maximum absolute atomic E-state index is 12.9. The van der Waals surface area contributed by atoms with Crippen LogP contribution in [0, 0.1) is 0 Å². The zero-order valence-electron chi connectivity index (χ0n) is 18.5. The number of hydrogen-bond acceptors (Lipinski definition) is 9. The summed E-state index contributed by atoms with van der Waals surface area (Å²) < 4.78 is 35.7. The molecular formula is C22H20ClN3O7S2. The molecular weight excluding hydrogens is 518 g/mol. The number of aromatic nitrogens is 2. The second-order valence-corrected chi connectivity index (χ2v) is 10.1. The Kier molecular flexibility index (Phi) is 8.54. The number of carbonyl (C=O) groups excluding carboxylic acids is 2. The van der Waals surface area contributed by atoms with Crippen LogP contribution in [0.2, 0.25) is 5.02 Å². The van der Waals surface area contributed by atoms with Gasteiger partial charge in [-0.05, 0) is 37.3 Å². The number of hydrogen-bond donors (Lipinski definition) is 2. The van der Waals surface area contributed by atoms with Crippen molar-refractivity contribution < 1.29 is 27.5 Å². The highest BCUT2D eigenvalue weighted by molar-refractivity contribution is 7.99. The molecule has 0 bridgehead atoms. The van der Waals surface area contributed by atoms with E-state index in [1.807, 2.05) is 0 Å². The predicted molar refractivity (Wildman–Crippen MR) is 130 cm³/mol. The quantitative estimate of drug-likeness (QED) is 0.239. The Morgan fingerprint density at radius 2 is 1.94 bits per heavy atom. The summed E-state index contributed by atoms with van der Waals surface area (Å²) in [6.07, 6.45) is 0.919. The van der Waals surface area contributed by atoms with E-state index in [1.54, 1.807) is 25.1 Å². The first-order valence-electron chi connectivity index (χ1n) is 10.0. The number of ether oxygens (including phenoxy) is 2. The number of para-hydroxylation sites is 1. The van der Waals surface area contributed by atoms with Crippen LogP contribution < -0.4 is 15.6 Å². The summed E-state index contributed by atoms with van der Waals surface area (Å²) in [5, 5.41) is 2.72. The summed E-state index contributed by atoms with van der Waals surface area (Å²) in [4.78, 5) is 42.4. The fourth-order valence-electron chi connectivity index (χ4n) is 2.87. The maximum atomic E-state index is 12.9. The molecule has 0 aliphatic carbocycles. The molecule has 0 saturated heterocycles. The number of H-pyrrole nitrogens is 1. The van der Waals surface area contributed by atoms with Gasteiger partial charge in [-0.1, -0.05) is 35.5 Å². The van der Waals surface area contributed by atoms with Gasteiger partial charge in [-0.25, -0.2) is 18.2 Å². The third-order valence-corrected chi connectivity index (χ3v) is 7.43. The zero-order valence-corrected chi connectivity index (χ0v) is 20.9. The van der Waals surface area contributed by atoms with Crippen LogP contribution in [0.4, 0.5) is 5.69 Å². The normalized spacial score (nSPS) is 11.1. The minimum Gasteiger partial charge on any atom is -0.495 e. The number of thioether (sulfide) groups is 1. The van der Waals surface area contributed by atoms with E-state index in [2.05, 4.69) is 15.3 Å². The first kappa shape index (κ1) is 26.3. The molecule has 1 amide bonds. The number of benzene rings is 2. The fourth-order valence-corrected chi connectivity index (χ4v) is 5.09. The van der Waals surface area contributed by atoms with Gasteiger partial charge >= 0.3 is 5.97 Å². The molecule has 1 aromatic heterocycles. The van der Waals surface area contributed by atoms with E-state index in [-0.39, 0.29) is 44.4 Å². The van der Waals surface area contributed by atoms with E-state index in [9.17, 15) is 22.8 Å². The van der Waals surface area contributed by atoms with Gasteiger partial charge in [-0.15, -0.1) is 0 Å². The largest absolute Gasteiger partial charge is 0.495 e. The average Bonchev–Trinajstić information content (AvgIpc) is 2.83. The minimum absolute atomic E-state index is 0.0375. The number of carbonyl (C=O) groups is 2. The Labute approximate surface area is 209 Å². The lowest BCUT2D eigenvalue weighted by atomic mass is 10.2. The van der Waals surface area contributed by atoms with Crippen molar-refractivity contribution in [2.24, 2.45) is 0 Å². The number of halogens is 1. The Morgan fingerprint density at radius 3 is 2.60 bits per heavy atom. The molecule has 0 aliphatic heterocycles. The number of nitrogens with zero attached hydrogens (tertiary/aromatic N) is 1. The van der Waals surface area contributed by atoms with E-state index in [4.69, 9.17) is 21.1 Å². The summed E-state index contributed by atoms with van der Waals surface area (Å²) in [6.45, 7) is 1.86. The molecule has 2 aromatic carbocycles. The molecule has 0 unspecified atom stereocenters. The van der Waals surface area contributed by atoms with Crippen LogP contribution in [0.5, 0.6) is 5.75 Å². The smallest absolute Gasteiger partial charge is 0.340 e. The number of aromatic amines is 1. The van der Waals surface area contributed by atoms with E-state index in [1.165, 1.54) is 31.4 Å². The van der Waals surface area contributed by atoms with Crippen molar-refractivity contribution in [1.29, 1.82) is 0 Å². The molecule has 3 rings (SSSR count). The van der Waals surface area contributed by atoms with Crippen LogP contribution in [0.1, 0.15) is 17.3 Å². The van der Waals surface area contributed by atoms with Crippen LogP contribution in [0.3, 0.4) is 0 Å². The summed E-state index contributed by atoms with van der Waals surface area (Å²) in [6, 6.07) is 10.2. The summed E-state index contributed by atoms with van der Waals surface area (Å²) in [5.41, 5.74) is -0.424. The van der Waals surface area contributed by atoms with Crippen molar-refractivity contribution in [1.82, 2.24) is 9.97 Å². The van der Waals surface area contributed by atoms with Crippen molar-refractivity contribution in [2.75, 3.05) is 24.8 Å². The Morgan fingerprint density at radius 1 is 1.20 bits per heavy atom. The predicted octanol–water partition coefficient (Wildman–Crippen LogP) is 3.17. The fraction of sp³-hybridized carbons (Fsp3) is 0.182. The van der Waals surface area contributed by atoms with Gasteiger partial charge in [0.1, 0.15) is 5.75 Å². The molecule has 0 saturated carbocycles. The summed E-state index contributed by atoms with van der Waals surface area (Å²) in [7, 11) is -2.81. The van der Waals surface area contributed by atoms with E-state index < -0.39 is 32.2 Å². The van der Waals surface area contributed by atoms with Gasteiger partial charge in [0.2, 0.25) is 15.7 Å². The number of anilines is 1. The molecule has 2 N–H and O–H groups in total. The number of methoxy groups -OCH3 is 1. The Bertz CT molecular complexity index is 1420. The lowest BCUT2D eigenvalue weighted by Crippen LogP contribution is -2.20. The van der Waals surface area contributed by atoms with E-state index in [0.29, 0.717) is 0 Å². The van der Waals surface area contributed by atoms with Crippen molar-refractivity contribution in [2.45, 2.75) is 21.9 Å². The van der Waals surface area contributed by atoms with Gasteiger partial charge in [0.25, 0.3) is 5.56 Å². The number of esters is 1. The molecule has 184 valence electrons. The van der Waals surface area contributed by atoms with Gasteiger partial charge in [-0.3, -0.25) is 9.59 Å². The first-order chi connectivity index (χ1) is 16.7. The summed E-state index contributed by atoms with van der Waals surface area (Å²) >= 11 is 6.88. The highest BCUT2D eigenvalue weighted by atomic mass is 35.5. The van der Waals surface area contributed by atoms with Gasteiger partial charge in [0.05, 0.1) is 46.8 Å². The number of nitrogens with one attached hydrogen (secondary N) is 2. The van der Waals surface area contributed by atoms with Crippen LogP contribution in [0.15, 0.2) is 68.4 Å². The topological polar surface area (TPSA) is 145 Å². The monoisotopic (exact) mass is 537 g/mol. The molecule has 0 aliphatic rings. The molecule has 10 nitrogen and oxygen atoms in total. The lowest BCUT2D eigenvalue weighted by Gasteiger charge is -2.10. The van der Waals surface area contributed by atoms with Crippen LogP contribution >= 0.6 is 23.4 Å². The number of amides is 1. The molecule has 3 aromatic rings. The van der Waals surface area contributed by atoms with Crippen LogP contribution in [-0.4, -0.2) is 49.7 Å². The second kappa shape index (κ2) is 11.4. The Balaban J connectivity index is 1.71. The highest BCUT2D eigenvalue weighted by Gasteiger charge is 2.24. The van der Waals surface area contributed by atoms with Crippen LogP contribution in [-0.2, 0) is 19.4 Å². The van der Waals surface area contributed by atoms with Crippen molar-refractivity contribution >= 4 is 50.8 Å². The average molecular weight is 538 g/mol. The maximum Gasteiger partial charge on any atom is 0.340 e. The second-order valence-electron chi connectivity index (χ2n) is 6.78. The highest BCUT2D eigenvalue weighted by Crippen LogP contribution is 2.29. The molecule has 0 spiro atoms. The molecule has 0 atom stereocenters. The number of rotatable bonds is 9. The molecule has 0 radical (unpaired) electrons. The van der Waals surface area contributed by atoms with Gasteiger partial charge in [-0.2, -0.15) is 0 Å².